The Morgan fingerprint density at radius 3 is 3.00 bits per heavy atom. The second-order valence-electron chi connectivity index (χ2n) is 5.08. The molecule has 1 atom stereocenters. The van der Waals surface area contributed by atoms with Crippen molar-refractivity contribution in [2.75, 3.05) is 0 Å². The van der Waals surface area contributed by atoms with Gasteiger partial charge in [0.15, 0.2) is 12.4 Å². The van der Waals surface area contributed by atoms with Crippen molar-refractivity contribution in [3.05, 3.63) is 40.0 Å². The van der Waals surface area contributed by atoms with Gasteiger partial charge < -0.3 is 15.0 Å². The third kappa shape index (κ3) is 3.02. The van der Waals surface area contributed by atoms with Gasteiger partial charge in [-0.05, 0) is 38.0 Å². The smallest absolute Gasteiger partial charge is 0.264 e. The Labute approximate surface area is 125 Å². The maximum atomic E-state index is 5.95. The van der Waals surface area contributed by atoms with Crippen molar-refractivity contribution in [3.63, 3.8) is 0 Å². The predicted molar refractivity (Wildman–Crippen MR) is 77.3 cm³/mol. The van der Waals surface area contributed by atoms with E-state index in [1.165, 1.54) is 0 Å². The van der Waals surface area contributed by atoms with Crippen LogP contribution >= 0.6 is 15.9 Å². The third-order valence-corrected chi connectivity index (χ3v) is 3.73. The van der Waals surface area contributed by atoms with E-state index in [1.807, 2.05) is 25.1 Å². The molecule has 0 saturated heterocycles. The van der Waals surface area contributed by atoms with E-state index in [2.05, 4.69) is 26.1 Å². The van der Waals surface area contributed by atoms with Crippen molar-refractivity contribution in [1.82, 2.24) is 10.1 Å². The lowest BCUT2D eigenvalue weighted by Crippen LogP contribution is -2.08. The minimum atomic E-state index is -0.104. The van der Waals surface area contributed by atoms with E-state index in [4.69, 9.17) is 15.0 Å². The first kappa shape index (κ1) is 13.6. The summed E-state index contributed by atoms with van der Waals surface area (Å²) < 4.78 is 11.9. The summed E-state index contributed by atoms with van der Waals surface area (Å²) in [4.78, 5) is 4.34. The first-order valence-electron chi connectivity index (χ1n) is 6.64. The van der Waals surface area contributed by atoms with Gasteiger partial charge in [-0.1, -0.05) is 21.1 Å². The average molecular weight is 338 g/mol. The van der Waals surface area contributed by atoms with E-state index in [9.17, 15) is 0 Å². The van der Waals surface area contributed by atoms with Crippen molar-refractivity contribution in [2.45, 2.75) is 38.3 Å². The summed E-state index contributed by atoms with van der Waals surface area (Å²) in [6, 6.07) is 5.67. The van der Waals surface area contributed by atoms with Crippen LogP contribution in [0.4, 0.5) is 0 Å². The highest BCUT2D eigenvalue weighted by Crippen LogP contribution is 2.38. The zero-order chi connectivity index (χ0) is 14.1. The molecule has 0 bridgehead atoms. The van der Waals surface area contributed by atoms with Gasteiger partial charge in [-0.25, -0.2) is 0 Å². The molecule has 1 fully saturated rings. The van der Waals surface area contributed by atoms with Crippen molar-refractivity contribution in [1.29, 1.82) is 0 Å². The van der Waals surface area contributed by atoms with Gasteiger partial charge in [0, 0.05) is 22.0 Å². The fourth-order valence-electron chi connectivity index (χ4n) is 1.98. The largest absolute Gasteiger partial charge is 0.483 e. The van der Waals surface area contributed by atoms with Crippen LogP contribution in [-0.4, -0.2) is 10.1 Å². The minimum Gasteiger partial charge on any atom is -0.483 e. The van der Waals surface area contributed by atoms with Crippen molar-refractivity contribution in [2.24, 2.45) is 5.73 Å². The van der Waals surface area contributed by atoms with E-state index in [0.717, 1.165) is 34.5 Å². The summed E-state index contributed by atoms with van der Waals surface area (Å²) in [6.45, 7) is 2.19. The van der Waals surface area contributed by atoms with E-state index in [0.29, 0.717) is 11.8 Å². The predicted octanol–water partition coefficient (Wildman–Crippen LogP) is 3.31. The van der Waals surface area contributed by atoms with E-state index in [1.54, 1.807) is 0 Å². The SMILES string of the molecule is C[C@@H](N)c1cc(Br)ccc1OCc1nc(C2CC2)no1. The molecule has 20 heavy (non-hydrogen) atoms. The Kier molecular flexibility index (Phi) is 3.76. The van der Waals surface area contributed by atoms with Gasteiger partial charge in [0.05, 0.1) is 0 Å². The molecule has 1 aromatic heterocycles. The number of hydrogen-bond donors (Lipinski definition) is 1. The zero-order valence-electron chi connectivity index (χ0n) is 11.2. The molecule has 0 aliphatic heterocycles. The summed E-state index contributed by atoms with van der Waals surface area (Å²) in [6.07, 6.45) is 2.31. The van der Waals surface area contributed by atoms with Crippen LogP contribution in [0.3, 0.4) is 0 Å². The molecule has 1 aliphatic rings. The van der Waals surface area contributed by atoms with Crippen LogP contribution in [0.5, 0.6) is 5.75 Å². The second kappa shape index (κ2) is 5.54. The van der Waals surface area contributed by atoms with Crippen molar-refractivity contribution < 1.29 is 9.26 Å². The molecule has 1 saturated carbocycles. The number of aromatic nitrogens is 2. The maximum absolute atomic E-state index is 5.95. The Hall–Kier alpha value is -1.40. The number of hydrogen-bond acceptors (Lipinski definition) is 5. The summed E-state index contributed by atoms with van der Waals surface area (Å²) >= 11 is 3.43. The molecule has 3 rings (SSSR count). The Bertz CT molecular complexity index is 608. The van der Waals surface area contributed by atoms with Crippen LogP contribution in [0, 0.1) is 0 Å². The van der Waals surface area contributed by atoms with E-state index in [-0.39, 0.29) is 12.6 Å². The molecule has 0 radical (unpaired) electrons. The normalized spacial score (nSPS) is 16.1. The lowest BCUT2D eigenvalue weighted by Gasteiger charge is -2.13. The van der Waals surface area contributed by atoms with Crippen LogP contribution in [0.2, 0.25) is 0 Å². The zero-order valence-corrected chi connectivity index (χ0v) is 12.8. The monoisotopic (exact) mass is 337 g/mol. The van der Waals surface area contributed by atoms with Gasteiger partial charge in [0.1, 0.15) is 5.75 Å². The standard InChI is InChI=1S/C14H16BrN3O2/c1-8(16)11-6-10(15)4-5-12(11)19-7-13-17-14(18-20-13)9-2-3-9/h4-6,8-9H,2-3,7,16H2,1H3/t8-/m1/s1. The highest BCUT2D eigenvalue weighted by Gasteiger charge is 2.28. The molecule has 0 amide bonds. The molecule has 1 heterocycles. The van der Waals surface area contributed by atoms with Crippen LogP contribution in [0.25, 0.3) is 0 Å². The molecule has 1 aromatic carbocycles. The molecule has 2 aromatic rings. The molecule has 0 unspecified atom stereocenters. The van der Waals surface area contributed by atoms with Crippen LogP contribution < -0.4 is 10.5 Å². The Morgan fingerprint density at radius 2 is 2.30 bits per heavy atom. The van der Waals surface area contributed by atoms with Gasteiger partial charge in [0.2, 0.25) is 0 Å². The van der Waals surface area contributed by atoms with E-state index >= 15 is 0 Å². The number of nitrogens with zero attached hydrogens (tertiary/aromatic N) is 2. The molecular weight excluding hydrogens is 322 g/mol. The Morgan fingerprint density at radius 1 is 1.50 bits per heavy atom. The van der Waals surface area contributed by atoms with E-state index < -0.39 is 0 Å². The molecule has 6 heteroatoms. The molecule has 1 aliphatic carbocycles. The van der Waals surface area contributed by atoms with Gasteiger partial charge in [-0.2, -0.15) is 4.98 Å². The molecule has 106 valence electrons. The summed E-state index contributed by atoms with van der Waals surface area (Å²) in [5.74, 6) is 2.53. The quantitative estimate of drug-likeness (QED) is 0.905. The highest BCUT2D eigenvalue weighted by molar-refractivity contribution is 9.10. The Balaban J connectivity index is 1.70. The van der Waals surface area contributed by atoms with Gasteiger partial charge >= 0.3 is 0 Å². The lowest BCUT2D eigenvalue weighted by atomic mass is 10.1. The van der Waals surface area contributed by atoms with Crippen LogP contribution in [-0.2, 0) is 6.61 Å². The van der Waals surface area contributed by atoms with Crippen molar-refractivity contribution in [3.8, 4) is 5.75 Å². The fourth-order valence-corrected chi connectivity index (χ4v) is 2.36. The molecule has 2 N–H and O–H groups in total. The van der Waals surface area contributed by atoms with Crippen LogP contribution in [0.15, 0.2) is 27.2 Å². The van der Waals surface area contributed by atoms with Crippen LogP contribution in [0.1, 0.15) is 49.0 Å². The number of benzene rings is 1. The maximum Gasteiger partial charge on any atom is 0.264 e. The number of rotatable bonds is 5. The lowest BCUT2D eigenvalue weighted by molar-refractivity contribution is 0.240. The van der Waals surface area contributed by atoms with Gasteiger partial charge in [-0.3, -0.25) is 0 Å². The summed E-state index contributed by atoms with van der Waals surface area (Å²) in [7, 11) is 0. The van der Waals surface area contributed by atoms with Gasteiger partial charge in [0.25, 0.3) is 5.89 Å². The topological polar surface area (TPSA) is 74.2 Å². The fraction of sp³-hybridized carbons (Fsp3) is 0.429. The number of ether oxygens (including phenoxy) is 1. The summed E-state index contributed by atoms with van der Waals surface area (Å²) in [5, 5.41) is 3.96. The highest BCUT2D eigenvalue weighted by atomic mass is 79.9. The van der Waals surface area contributed by atoms with Crippen molar-refractivity contribution >= 4 is 15.9 Å². The molecule has 5 nitrogen and oxygen atoms in total. The number of nitrogens with two attached hydrogens (primary N) is 1. The average Bonchev–Trinajstić information content (AvgIpc) is 3.17. The number of halogens is 1. The first-order chi connectivity index (χ1) is 9.63. The molecular formula is C14H16BrN3O2. The first-order valence-corrected chi connectivity index (χ1v) is 7.43. The molecule has 0 spiro atoms. The summed E-state index contributed by atoms with van der Waals surface area (Å²) in [5.41, 5.74) is 6.90. The van der Waals surface area contributed by atoms with Gasteiger partial charge in [-0.15, -0.1) is 0 Å². The third-order valence-electron chi connectivity index (χ3n) is 3.24. The second-order valence-corrected chi connectivity index (χ2v) is 6.00. The minimum absolute atomic E-state index is 0.104.